The SMILES string of the molecule is Cc1ccc(-c2cc(C(F)(F)F)nn2-c2ccc(S(=O)(=O)NC(=O)C3CCN(n4on4OC(C)N4C(=O)c5ccccc5C4=O)CC3)cc2)cc1. The molecule has 4 heterocycles. The Labute approximate surface area is 288 Å². The summed E-state index contributed by atoms with van der Waals surface area (Å²) in [6.45, 7) is 3.96. The molecule has 266 valence electrons. The van der Waals surface area contributed by atoms with Crippen molar-refractivity contribution in [3.05, 3.63) is 101 Å². The summed E-state index contributed by atoms with van der Waals surface area (Å²) in [7, 11) is -4.32. The van der Waals surface area contributed by atoms with Crippen molar-refractivity contribution >= 4 is 27.7 Å². The number of aryl methyl sites for hydroxylation is 1. The van der Waals surface area contributed by atoms with Gasteiger partial charge in [-0.1, -0.05) is 42.0 Å². The molecule has 2 aliphatic rings. The Bertz CT molecular complexity index is 2190. The Balaban J connectivity index is 0.957. The Morgan fingerprint density at radius 2 is 1.57 bits per heavy atom. The summed E-state index contributed by atoms with van der Waals surface area (Å²) in [6, 6.07) is 19.2. The van der Waals surface area contributed by atoms with Gasteiger partial charge in [0.1, 0.15) is 5.02 Å². The third-order valence-corrected chi connectivity index (χ3v) is 10.1. The number of carbonyl (C=O) groups is 3. The van der Waals surface area contributed by atoms with Crippen molar-refractivity contribution in [2.75, 3.05) is 18.1 Å². The molecular formula is C33H30F3N7O7S. The lowest BCUT2D eigenvalue weighted by molar-refractivity contribution is -0.141. The van der Waals surface area contributed by atoms with Gasteiger partial charge in [-0.15, -0.1) is 0 Å². The van der Waals surface area contributed by atoms with Gasteiger partial charge in [0.15, 0.2) is 5.69 Å². The van der Waals surface area contributed by atoms with Crippen LogP contribution in [-0.2, 0) is 21.0 Å². The van der Waals surface area contributed by atoms with E-state index in [2.05, 4.69) is 9.82 Å². The number of hydrogen-bond donors (Lipinski definition) is 1. The van der Waals surface area contributed by atoms with Gasteiger partial charge in [0.05, 0.1) is 27.4 Å². The van der Waals surface area contributed by atoms with Crippen LogP contribution in [0, 0.1) is 12.8 Å². The molecule has 1 saturated heterocycles. The molecule has 14 nitrogen and oxygen atoms in total. The number of halogens is 3. The van der Waals surface area contributed by atoms with E-state index in [1.165, 1.54) is 36.2 Å². The number of benzene rings is 3. The summed E-state index contributed by atoms with van der Waals surface area (Å²) in [5, 5.41) is 6.45. The molecule has 1 fully saturated rings. The van der Waals surface area contributed by atoms with E-state index < -0.39 is 51.8 Å². The number of nitrogens with zero attached hydrogens (tertiary/aromatic N) is 6. The van der Waals surface area contributed by atoms with E-state index in [1.807, 2.05) is 6.92 Å². The van der Waals surface area contributed by atoms with Gasteiger partial charge in [-0.25, -0.2) is 22.7 Å². The molecule has 0 aliphatic carbocycles. The van der Waals surface area contributed by atoms with E-state index >= 15 is 0 Å². The first-order valence-electron chi connectivity index (χ1n) is 15.8. The minimum atomic E-state index is -4.70. The molecule has 3 amide bonds. The molecule has 1 N–H and O–H groups in total. The Morgan fingerprint density at radius 3 is 2.16 bits per heavy atom. The first-order chi connectivity index (χ1) is 24.2. The van der Waals surface area contributed by atoms with Crippen LogP contribution >= 0.6 is 0 Å². The lowest BCUT2D eigenvalue weighted by Gasteiger charge is -2.28. The Kier molecular flexibility index (Phi) is 8.28. The van der Waals surface area contributed by atoms with Crippen LogP contribution in [0.1, 0.15) is 51.7 Å². The molecule has 0 spiro atoms. The maximum absolute atomic E-state index is 13.6. The lowest BCUT2D eigenvalue weighted by Crippen LogP contribution is -2.47. The average Bonchev–Trinajstić information content (AvgIpc) is 3.61. The molecule has 0 saturated carbocycles. The summed E-state index contributed by atoms with van der Waals surface area (Å²) in [5.74, 6) is -2.33. The Morgan fingerprint density at radius 1 is 0.961 bits per heavy atom. The summed E-state index contributed by atoms with van der Waals surface area (Å²) in [5.41, 5.74) is 1.22. The van der Waals surface area contributed by atoms with E-state index in [0.717, 1.165) is 26.2 Å². The van der Waals surface area contributed by atoms with Crippen molar-refractivity contribution in [2.45, 2.75) is 44.0 Å². The van der Waals surface area contributed by atoms with Crippen molar-refractivity contribution in [3.8, 4) is 16.9 Å². The number of piperidine rings is 1. The number of amides is 3. The van der Waals surface area contributed by atoms with Gasteiger partial charge >= 0.3 is 6.18 Å². The number of rotatable bonds is 9. The zero-order valence-corrected chi connectivity index (χ0v) is 27.9. The second-order valence-corrected chi connectivity index (χ2v) is 13.9. The standard InChI is InChI=1S/C33H30F3N7O7S/c1-20-7-9-22(10-8-20)28-19-29(33(34,35)36)37-41(28)24-11-13-25(14-12-24)51(47,48)38-30(44)23-15-17-39(18-16-23)42-43(50-42)49-21(2)40-31(45)26-5-3-4-6-27(26)32(40)46/h3-14,19,21,23H,15-18H2,1-2H3,(H,38,44). The molecule has 3 aromatic carbocycles. The zero-order valence-electron chi connectivity index (χ0n) is 27.1. The van der Waals surface area contributed by atoms with E-state index in [4.69, 9.17) is 9.47 Å². The van der Waals surface area contributed by atoms with Crippen LogP contribution in [-0.4, -0.2) is 70.1 Å². The lowest BCUT2D eigenvalue weighted by atomic mass is 9.97. The van der Waals surface area contributed by atoms with Gasteiger partial charge in [0.25, 0.3) is 21.8 Å². The highest BCUT2D eigenvalue weighted by atomic mass is 32.2. The van der Waals surface area contributed by atoms with Crippen LogP contribution in [0.3, 0.4) is 0 Å². The van der Waals surface area contributed by atoms with Crippen molar-refractivity contribution < 1.29 is 45.4 Å². The monoisotopic (exact) mass is 725 g/mol. The maximum atomic E-state index is 13.6. The minimum absolute atomic E-state index is 0.164. The van der Waals surface area contributed by atoms with Crippen LogP contribution in [0.5, 0.6) is 0 Å². The minimum Gasteiger partial charge on any atom is -0.340 e. The van der Waals surface area contributed by atoms with E-state index in [1.54, 1.807) is 53.5 Å². The molecular weight excluding hydrogens is 695 g/mol. The van der Waals surface area contributed by atoms with Gasteiger partial charge in [0, 0.05) is 29.5 Å². The van der Waals surface area contributed by atoms with Crippen LogP contribution in [0.25, 0.3) is 16.9 Å². The molecule has 51 heavy (non-hydrogen) atoms. The molecule has 0 bridgehead atoms. The second kappa shape index (κ2) is 12.5. The number of imide groups is 1. The van der Waals surface area contributed by atoms with Gasteiger partial charge in [-0.2, -0.15) is 22.9 Å². The summed E-state index contributed by atoms with van der Waals surface area (Å²) < 4.78 is 75.5. The van der Waals surface area contributed by atoms with Gasteiger partial charge in [-0.3, -0.25) is 19.4 Å². The Hall–Kier alpha value is -5.78. The fourth-order valence-corrected chi connectivity index (χ4v) is 7.01. The molecule has 1 unspecified atom stereocenters. The van der Waals surface area contributed by atoms with Crippen molar-refractivity contribution in [3.63, 3.8) is 0 Å². The third-order valence-electron chi connectivity index (χ3n) is 8.75. The van der Waals surface area contributed by atoms with Crippen molar-refractivity contribution in [2.24, 2.45) is 5.92 Å². The highest BCUT2D eigenvalue weighted by molar-refractivity contribution is 7.90. The normalized spacial score (nSPS) is 16.1. The smallest absolute Gasteiger partial charge is 0.340 e. The number of nitrogens with one attached hydrogen (secondary N) is 1. The van der Waals surface area contributed by atoms with Gasteiger partial charge in [0.2, 0.25) is 12.1 Å². The molecule has 18 heteroatoms. The van der Waals surface area contributed by atoms with Crippen LogP contribution in [0.2, 0.25) is 0 Å². The number of sulfonamides is 1. The fourth-order valence-electron chi connectivity index (χ4n) is 5.96. The average molecular weight is 726 g/mol. The van der Waals surface area contributed by atoms with Gasteiger partial charge in [-0.05, 0) is 69.2 Å². The molecule has 7 rings (SSSR count). The van der Waals surface area contributed by atoms with Crippen molar-refractivity contribution in [1.82, 2.24) is 29.4 Å². The summed E-state index contributed by atoms with van der Waals surface area (Å²) in [6.07, 6.45) is -5.15. The zero-order chi connectivity index (χ0) is 36.2. The highest BCUT2D eigenvalue weighted by Gasteiger charge is 2.41. The van der Waals surface area contributed by atoms with Crippen molar-refractivity contribution in [1.29, 1.82) is 0 Å². The van der Waals surface area contributed by atoms with E-state index in [0.29, 0.717) is 18.7 Å². The first-order valence-corrected chi connectivity index (χ1v) is 17.3. The predicted molar refractivity (Wildman–Crippen MR) is 172 cm³/mol. The maximum Gasteiger partial charge on any atom is 0.435 e. The van der Waals surface area contributed by atoms with E-state index in [-0.39, 0.29) is 40.2 Å². The molecule has 2 aliphatic heterocycles. The van der Waals surface area contributed by atoms with E-state index in [9.17, 15) is 36.0 Å². The molecule has 5 aromatic rings. The number of aromatic nitrogens is 4. The number of fused-ring (bicyclic) bond motifs is 1. The van der Waals surface area contributed by atoms with Crippen LogP contribution in [0.15, 0.2) is 88.4 Å². The quantitative estimate of drug-likeness (QED) is 0.222. The van der Waals surface area contributed by atoms with Gasteiger partial charge < -0.3 is 4.84 Å². The van der Waals surface area contributed by atoms with Crippen LogP contribution < -0.4 is 14.6 Å². The number of carbonyl (C=O) groups excluding carboxylic acids is 3. The first kappa shape index (κ1) is 33.7. The molecule has 2 aromatic heterocycles. The second-order valence-electron chi connectivity index (χ2n) is 12.2. The number of alkyl halides is 3. The largest absolute Gasteiger partial charge is 0.435 e. The summed E-state index contributed by atoms with van der Waals surface area (Å²) in [4.78, 5) is 46.1. The summed E-state index contributed by atoms with van der Waals surface area (Å²) >= 11 is 0. The fraction of sp³-hybridized carbons (Fsp3) is 0.273. The third kappa shape index (κ3) is 6.49. The highest BCUT2D eigenvalue weighted by Crippen LogP contribution is 2.34. The molecule has 0 radical (unpaired) electrons. The molecule has 1 atom stereocenters. The number of hydrogen-bond acceptors (Lipinski definition) is 9. The predicted octanol–water partition coefficient (Wildman–Crippen LogP) is 3.99. The topological polar surface area (TPSA) is 154 Å². The van der Waals surface area contributed by atoms with Crippen LogP contribution in [0.4, 0.5) is 13.2 Å².